The fourth-order valence-electron chi connectivity index (χ4n) is 1.46. The minimum absolute atomic E-state index is 0.0940. The summed E-state index contributed by atoms with van der Waals surface area (Å²) in [6.45, 7) is 6.04. The van der Waals surface area contributed by atoms with Gasteiger partial charge >= 0.3 is 12.0 Å². The van der Waals surface area contributed by atoms with Crippen LogP contribution >= 0.6 is 0 Å². The molecule has 0 spiro atoms. The molecule has 1 aromatic carbocycles. The first-order valence-corrected chi connectivity index (χ1v) is 5.69. The molecule has 0 bridgehead atoms. The molecule has 1 aromatic rings. The number of hydrogen-bond acceptors (Lipinski definition) is 2. The molecule has 19 heavy (non-hydrogen) atoms. The van der Waals surface area contributed by atoms with Crippen LogP contribution in [0, 0.1) is 5.82 Å². The second kappa shape index (κ2) is 6.53. The molecular weight excluding hydrogens is 251 g/mol. The van der Waals surface area contributed by atoms with Gasteiger partial charge in [0.15, 0.2) is 0 Å². The highest BCUT2D eigenvalue weighted by Crippen LogP contribution is 2.16. The molecule has 0 saturated carbocycles. The standard InChI is InChI=1S/C13H15FN2O3/c1-3-7-16(4-2)13(19)15-11-8-9(12(17)18)5-6-10(11)14/h3,5-6,8H,1,4,7H2,2H3,(H,15,19)(H,17,18). The first-order chi connectivity index (χ1) is 8.99. The SMILES string of the molecule is C=CCN(CC)C(=O)Nc1cc(C(=O)O)ccc1F. The third kappa shape index (κ3) is 3.80. The van der Waals surface area contributed by atoms with Gasteiger partial charge in [-0.15, -0.1) is 6.58 Å². The number of carbonyl (C=O) groups excluding carboxylic acids is 1. The van der Waals surface area contributed by atoms with Crippen molar-refractivity contribution >= 4 is 17.7 Å². The van der Waals surface area contributed by atoms with E-state index in [1.165, 1.54) is 4.90 Å². The third-order valence-electron chi connectivity index (χ3n) is 2.47. The maximum Gasteiger partial charge on any atom is 0.335 e. The van der Waals surface area contributed by atoms with Crippen LogP contribution in [-0.2, 0) is 0 Å². The Labute approximate surface area is 110 Å². The molecule has 0 aromatic heterocycles. The summed E-state index contributed by atoms with van der Waals surface area (Å²) in [6, 6.07) is 2.71. The number of carboxylic acid groups (broad SMARTS) is 1. The molecule has 2 N–H and O–H groups in total. The predicted molar refractivity (Wildman–Crippen MR) is 69.8 cm³/mol. The first-order valence-electron chi connectivity index (χ1n) is 5.69. The first kappa shape index (κ1) is 14.7. The number of carboxylic acids is 1. The van der Waals surface area contributed by atoms with Gasteiger partial charge in [0.25, 0.3) is 0 Å². The smallest absolute Gasteiger partial charge is 0.335 e. The number of aromatic carboxylic acids is 1. The number of urea groups is 1. The number of likely N-dealkylation sites (N-methyl/N-ethyl adjacent to an activating group) is 1. The van der Waals surface area contributed by atoms with Gasteiger partial charge in [0.05, 0.1) is 11.3 Å². The molecule has 6 heteroatoms. The number of rotatable bonds is 5. The molecule has 1 rings (SSSR count). The molecule has 102 valence electrons. The van der Waals surface area contributed by atoms with Crippen molar-refractivity contribution in [3.05, 3.63) is 42.2 Å². The zero-order valence-electron chi connectivity index (χ0n) is 10.5. The van der Waals surface area contributed by atoms with Crippen LogP contribution in [0.1, 0.15) is 17.3 Å². The summed E-state index contributed by atoms with van der Waals surface area (Å²) in [6.07, 6.45) is 1.55. The van der Waals surface area contributed by atoms with Gasteiger partial charge in [-0.05, 0) is 25.1 Å². The van der Waals surface area contributed by atoms with Crippen molar-refractivity contribution in [3.8, 4) is 0 Å². The summed E-state index contributed by atoms with van der Waals surface area (Å²) in [5.74, 6) is -1.87. The summed E-state index contributed by atoms with van der Waals surface area (Å²) < 4.78 is 13.5. The lowest BCUT2D eigenvalue weighted by molar-refractivity contribution is 0.0697. The molecule has 2 amide bonds. The predicted octanol–water partition coefficient (Wildman–Crippen LogP) is 2.56. The van der Waals surface area contributed by atoms with Crippen LogP contribution in [-0.4, -0.2) is 35.1 Å². The molecule has 0 atom stereocenters. The lowest BCUT2D eigenvalue weighted by atomic mass is 10.2. The van der Waals surface area contributed by atoms with Gasteiger partial charge < -0.3 is 15.3 Å². The van der Waals surface area contributed by atoms with Crippen LogP contribution < -0.4 is 5.32 Å². The highest BCUT2D eigenvalue weighted by atomic mass is 19.1. The molecule has 5 nitrogen and oxygen atoms in total. The van der Waals surface area contributed by atoms with Crippen molar-refractivity contribution in [2.24, 2.45) is 0 Å². The van der Waals surface area contributed by atoms with E-state index in [0.29, 0.717) is 13.1 Å². The van der Waals surface area contributed by atoms with Crippen LogP contribution in [0.2, 0.25) is 0 Å². The lowest BCUT2D eigenvalue weighted by Gasteiger charge is -2.19. The number of nitrogens with zero attached hydrogens (tertiary/aromatic N) is 1. The molecule has 0 aliphatic carbocycles. The Kier molecular flexibility index (Phi) is 5.05. The van der Waals surface area contributed by atoms with Crippen molar-refractivity contribution in [2.75, 3.05) is 18.4 Å². The van der Waals surface area contributed by atoms with Crippen molar-refractivity contribution in [3.63, 3.8) is 0 Å². The fourth-order valence-corrected chi connectivity index (χ4v) is 1.46. The summed E-state index contributed by atoms with van der Waals surface area (Å²) in [7, 11) is 0. The molecule has 0 aliphatic rings. The number of hydrogen-bond donors (Lipinski definition) is 2. The summed E-state index contributed by atoms with van der Waals surface area (Å²) in [5, 5.41) is 11.2. The zero-order chi connectivity index (χ0) is 14.4. The monoisotopic (exact) mass is 266 g/mol. The highest BCUT2D eigenvalue weighted by Gasteiger charge is 2.14. The fraction of sp³-hybridized carbons (Fsp3) is 0.231. The van der Waals surface area contributed by atoms with E-state index in [1.807, 2.05) is 0 Å². The Bertz CT molecular complexity index is 503. The van der Waals surface area contributed by atoms with Crippen molar-refractivity contribution in [1.82, 2.24) is 4.90 Å². The zero-order valence-corrected chi connectivity index (χ0v) is 10.5. The summed E-state index contributed by atoms with van der Waals surface area (Å²) >= 11 is 0. The number of carbonyl (C=O) groups is 2. The average Bonchev–Trinajstić information content (AvgIpc) is 2.38. The second-order valence-corrected chi connectivity index (χ2v) is 3.76. The number of benzene rings is 1. The molecule has 0 radical (unpaired) electrons. The summed E-state index contributed by atoms with van der Waals surface area (Å²) in [4.78, 5) is 24.0. The number of anilines is 1. The van der Waals surface area contributed by atoms with Crippen LogP contribution in [0.4, 0.5) is 14.9 Å². The Morgan fingerprint density at radius 1 is 1.53 bits per heavy atom. The average molecular weight is 266 g/mol. The largest absolute Gasteiger partial charge is 0.478 e. The highest BCUT2D eigenvalue weighted by molar-refractivity contribution is 5.93. The Morgan fingerprint density at radius 2 is 2.21 bits per heavy atom. The van der Waals surface area contributed by atoms with E-state index in [9.17, 15) is 14.0 Å². The maximum absolute atomic E-state index is 13.5. The van der Waals surface area contributed by atoms with Crippen LogP contribution in [0.15, 0.2) is 30.9 Å². The Morgan fingerprint density at radius 3 is 2.74 bits per heavy atom. The van der Waals surface area contributed by atoms with E-state index in [4.69, 9.17) is 5.11 Å². The van der Waals surface area contributed by atoms with Gasteiger partial charge in [-0.1, -0.05) is 6.08 Å². The minimum Gasteiger partial charge on any atom is -0.478 e. The van der Waals surface area contributed by atoms with E-state index < -0.39 is 17.8 Å². The molecule has 0 saturated heterocycles. The number of nitrogens with one attached hydrogen (secondary N) is 1. The van der Waals surface area contributed by atoms with Crippen molar-refractivity contribution < 1.29 is 19.1 Å². The number of halogens is 1. The van der Waals surface area contributed by atoms with E-state index in [2.05, 4.69) is 11.9 Å². The van der Waals surface area contributed by atoms with Gasteiger partial charge in [-0.25, -0.2) is 14.0 Å². The van der Waals surface area contributed by atoms with E-state index in [1.54, 1.807) is 13.0 Å². The van der Waals surface area contributed by atoms with Crippen LogP contribution in [0.3, 0.4) is 0 Å². The lowest BCUT2D eigenvalue weighted by Crippen LogP contribution is -2.35. The Hall–Kier alpha value is -2.37. The van der Waals surface area contributed by atoms with Crippen LogP contribution in [0.5, 0.6) is 0 Å². The van der Waals surface area contributed by atoms with E-state index in [0.717, 1.165) is 18.2 Å². The van der Waals surface area contributed by atoms with Crippen molar-refractivity contribution in [1.29, 1.82) is 0 Å². The normalized spacial score (nSPS) is 9.79. The van der Waals surface area contributed by atoms with Crippen LogP contribution in [0.25, 0.3) is 0 Å². The molecule has 0 heterocycles. The molecule has 0 fully saturated rings. The molecular formula is C13H15FN2O3. The van der Waals surface area contributed by atoms with E-state index in [-0.39, 0.29) is 11.3 Å². The van der Waals surface area contributed by atoms with Gasteiger partial charge in [0.1, 0.15) is 5.82 Å². The summed E-state index contributed by atoms with van der Waals surface area (Å²) in [5.41, 5.74) is -0.254. The maximum atomic E-state index is 13.5. The second-order valence-electron chi connectivity index (χ2n) is 3.76. The number of amides is 2. The van der Waals surface area contributed by atoms with Gasteiger partial charge in [0.2, 0.25) is 0 Å². The molecule has 0 unspecified atom stereocenters. The topological polar surface area (TPSA) is 69.6 Å². The van der Waals surface area contributed by atoms with Crippen molar-refractivity contribution in [2.45, 2.75) is 6.92 Å². The Balaban J connectivity index is 2.91. The molecule has 0 aliphatic heterocycles. The van der Waals surface area contributed by atoms with Gasteiger partial charge in [-0.3, -0.25) is 0 Å². The van der Waals surface area contributed by atoms with E-state index >= 15 is 0 Å². The van der Waals surface area contributed by atoms with Gasteiger partial charge in [0, 0.05) is 13.1 Å². The minimum atomic E-state index is -1.19. The third-order valence-corrected chi connectivity index (χ3v) is 2.47. The van der Waals surface area contributed by atoms with Gasteiger partial charge in [-0.2, -0.15) is 0 Å². The quantitative estimate of drug-likeness (QED) is 0.805.